The zero-order valence-electron chi connectivity index (χ0n) is 11.7. The third-order valence-electron chi connectivity index (χ3n) is 3.43. The summed E-state index contributed by atoms with van der Waals surface area (Å²) in [5.74, 6) is -0.234. The topological polar surface area (TPSA) is 95.9 Å². The Labute approximate surface area is 138 Å². The Morgan fingerprint density at radius 3 is 2.73 bits per heavy atom. The normalized spacial score (nSPS) is 23.5. The number of carbonyl (C=O) groups excluding carboxylic acids is 1. The number of hydrogen-bond donors (Lipinski definition) is 3. The summed E-state index contributed by atoms with van der Waals surface area (Å²) in [5.41, 5.74) is 1.07. The number of rotatable bonds is 4. The molecule has 0 aliphatic heterocycles. The minimum atomic E-state index is -5.11. The van der Waals surface area contributed by atoms with Crippen LogP contribution in [0.2, 0.25) is 0 Å². The average molecular weight is 432 g/mol. The maximum absolute atomic E-state index is 12.5. The average Bonchev–Trinajstić information content (AvgIpc) is 2.47. The third kappa shape index (κ3) is 3.29. The van der Waals surface area contributed by atoms with Crippen LogP contribution in [0.4, 0.5) is 0 Å². The van der Waals surface area contributed by atoms with Crippen LogP contribution in [-0.2, 0) is 16.6 Å². The van der Waals surface area contributed by atoms with Gasteiger partial charge in [0.25, 0.3) is 0 Å². The molecule has 0 aromatic heterocycles. The molecule has 8 heteroatoms. The van der Waals surface area contributed by atoms with Gasteiger partial charge in [0.2, 0.25) is 0 Å². The van der Waals surface area contributed by atoms with Gasteiger partial charge >= 0.3 is 139 Å². The number of hydrogen-bond acceptors (Lipinski definition) is 4. The van der Waals surface area contributed by atoms with Crippen molar-refractivity contribution in [1.29, 1.82) is 0 Å². The van der Waals surface area contributed by atoms with Crippen LogP contribution < -0.4 is 5.32 Å². The Balaban J connectivity index is 2.48. The van der Waals surface area contributed by atoms with Crippen LogP contribution in [0.15, 0.2) is 52.7 Å². The molecule has 1 aliphatic carbocycles. The van der Waals surface area contributed by atoms with Crippen molar-refractivity contribution in [1.82, 2.24) is 5.32 Å². The van der Waals surface area contributed by atoms with Crippen LogP contribution in [-0.4, -0.2) is 29.4 Å². The maximum atomic E-state index is 12.5. The molecule has 2 rings (SSSR count). The standard InChI is InChI=1S/C14H15AsBrNO5/c1-10(18)17-13-5-7-14(8-6-13,15(19,20)22-21)11-3-2-4-12(16)9-11/h2-7,9,21H,8H2,1H3,(H,17,18)(H,19,20). The van der Waals surface area contributed by atoms with Gasteiger partial charge in [-0.1, -0.05) is 0 Å². The van der Waals surface area contributed by atoms with Crippen molar-refractivity contribution in [3.8, 4) is 0 Å². The fraction of sp³-hybridized carbons (Fsp3) is 0.214. The molecule has 1 aromatic carbocycles. The number of amides is 1. The van der Waals surface area contributed by atoms with Crippen LogP contribution in [0, 0.1) is 0 Å². The van der Waals surface area contributed by atoms with E-state index in [0.29, 0.717) is 11.3 Å². The second kappa shape index (κ2) is 6.56. The molecule has 2 atom stereocenters. The van der Waals surface area contributed by atoms with Gasteiger partial charge in [0, 0.05) is 0 Å². The predicted octanol–water partition coefficient (Wildman–Crippen LogP) is 2.06. The SMILES string of the molecule is CC(=O)NC1=CCC(c2cccc(Br)c2)([As](=O)(O)OO)C=C1. The Kier molecular flexibility index (Phi) is 5.14. The molecule has 0 heterocycles. The Morgan fingerprint density at radius 1 is 1.50 bits per heavy atom. The van der Waals surface area contributed by atoms with Crippen LogP contribution in [0.3, 0.4) is 0 Å². The Hall–Kier alpha value is -1.11. The first-order chi connectivity index (χ1) is 10.3. The molecule has 0 spiro atoms. The van der Waals surface area contributed by atoms with Crippen molar-refractivity contribution in [2.75, 3.05) is 0 Å². The molecule has 22 heavy (non-hydrogen) atoms. The van der Waals surface area contributed by atoms with Crippen molar-refractivity contribution < 1.29 is 21.8 Å². The van der Waals surface area contributed by atoms with E-state index in [-0.39, 0.29) is 12.3 Å². The first-order valence-corrected chi connectivity index (χ1v) is 10.5. The van der Waals surface area contributed by atoms with Crippen molar-refractivity contribution in [3.05, 3.63) is 58.2 Å². The van der Waals surface area contributed by atoms with Gasteiger partial charge in [0.05, 0.1) is 0 Å². The molecule has 0 saturated heterocycles. The summed E-state index contributed by atoms with van der Waals surface area (Å²) in [6.45, 7) is 1.38. The van der Waals surface area contributed by atoms with Gasteiger partial charge in [-0.2, -0.15) is 0 Å². The van der Waals surface area contributed by atoms with Crippen molar-refractivity contribution >= 4 is 36.0 Å². The van der Waals surface area contributed by atoms with E-state index in [1.165, 1.54) is 19.1 Å². The van der Waals surface area contributed by atoms with Crippen molar-refractivity contribution in [3.63, 3.8) is 0 Å². The molecular formula is C14H15AsBrNO5. The van der Waals surface area contributed by atoms with Gasteiger partial charge in [0.15, 0.2) is 0 Å². The molecule has 0 radical (unpaired) electrons. The van der Waals surface area contributed by atoms with Gasteiger partial charge in [-0.3, -0.25) is 0 Å². The summed E-state index contributed by atoms with van der Waals surface area (Å²) < 4.78 is 26.0. The molecule has 118 valence electrons. The van der Waals surface area contributed by atoms with Crippen molar-refractivity contribution in [2.45, 2.75) is 17.5 Å². The number of halogens is 1. The zero-order chi connectivity index (χ0) is 16.4. The zero-order valence-corrected chi connectivity index (χ0v) is 15.2. The van der Waals surface area contributed by atoms with Crippen LogP contribution in [0.25, 0.3) is 0 Å². The molecule has 1 aromatic rings. The molecule has 2 unspecified atom stereocenters. The van der Waals surface area contributed by atoms with Gasteiger partial charge in [-0.25, -0.2) is 0 Å². The van der Waals surface area contributed by atoms with Gasteiger partial charge in [-0.15, -0.1) is 0 Å². The van der Waals surface area contributed by atoms with Gasteiger partial charge < -0.3 is 0 Å². The van der Waals surface area contributed by atoms with Crippen LogP contribution in [0.5, 0.6) is 0 Å². The first kappa shape index (κ1) is 17.2. The number of allylic oxidation sites excluding steroid dienone is 3. The Morgan fingerprint density at radius 2 is 2.23 bits per heavy atom. The quantitative estimate of drug-likeness (QED) is 0.385. The van der Waals surface area contributed by atoms with E-state index in [9.17, 15) is 12.6 Å². The fourth-order valence-electron chi connectivity index (χ4n) is 2.34. The summed E-state index contributed by atoms with van der Waals surface area (Å²) in [7, 11) is 0. The molecule has 0 fully saturated rings. The predicted molar refractivity (Wildman–Crippen MR) is 83.8 cm³/mol. The van der Waals surface area contributed by atoms with Gasteiger partial charge in [0.1, 0.15) is 0 Å². The van der Waals surface area contributed by atoms with E-state index < -0.39 is 18.4 Å². The van der Waals surface area contributed by atoms with E-state index in [0.717, 1.165) is 4.47 Å². The number of nitrogens with one attached hydrogen (secondary N) is 1. The minimum absolute atomic E-state index is 0.114. The third-order valence-corrected chi connectivity index (χ3v) is 7.74. The van der Waals surface area contributed by atoms with E-state index in [1.54, 1.807) is 30.3 Å². The summed E-state index contributed by atoms with van der Waals surface area (Å²) in [6.07, 6.45) is 4.78. The van der Waals surface area contributed by atoms with Crippen LogP contribution >= 0.6 is 15.9 Å². The fourth-order valence-corrected chi connectivity index (χ4v) is 5.25. The van der Waals surface area contributed by atoms with E-state index in [1.807, 2.05) is 0 Å². The summed E-state index contributed by atoms with van der Waals surface area (Å²) in [6, 6.07) is 6.91. The molecule has 0 bridgehead atoms. The first-order valence-electron chi connectivity index (χ1n) is 6.40. The molecular weight excluding hydrogens is 417 g/mol. The monoisotopic (exact) mass is 431 g/mol. The number of carbonyl (C=O) groups is 1. The second-order valence-electron chi connectivity index (χ2n) is 4.91. The number of benzene rings is 1. The summed E-state index contributed by atoms with van der Waals surface area (Å²) in [5, 5.41) is 11.5. The summed E-state index contributed by atoms with van der Waals surface area (Å²) >= 11 is -1.79. The van der Waals surface area contributed by atoms with Crippen molar-refractivity contribution in [2.24, 2.45) is 0 Å². The molecule has 3 N–H and O–H groups in total. The molecule has 1 amide bonds. The summed E-state index contributed by atoms with van der Waals surface area (Å²) in [4.78, 5) is 11.1. The molecule has 1 aliphatic rings. The molecule has 0 saturated carbocycles. The van der Waals surface area contributed by atoms with Crippen LogP contribution in [0.1, 0.15) is 18.9 Å². The second-order valence-corrected chi connectivity index (χ2v) is 10.0. The molecule has 6 nitrogen and oxygen atoms in total. The van der Waals surface area contributed by atoms with E-state index >= 15 is 0 Å². The Bertz CT molecular complexity index is 702. The van der Waals surface area contributed by atoms with E-state index in [4.69, 9.17) is 5.26 Å². The van der Waals surface area contributed by atoms with Gasteiger partial charge in [-0.05, 0) is 0 Å². The van der Waals surface area contributed by atoms with E-state index in [2.05, 4.69) is 25.1 Å².